The Bertz CT molecular complexity index is 698. The summed E-state index contributed by atoms with van der Waals surface area (Å²) in [6.07, 6.45) is 0. The molecule has 0 spiro atoms. The molecular weight excluding hydrogens is 337 g/mol. The zero-order chi connectivity index (χ0) is 17.6. The topological polar surface area (TPSA) is 27.7 Å². The number of ether oxygens (including phenoxy) is 1. The second kappa shape index (κ2) is 8.27. The van der Waals surface area contributed by atoms with Crippen molar-refractivity contribution in [2.75, 3.05) is 38.6 Å². The fourth-order valence-electron chi connectivity index (χ4n) is 2.83. The minimum absolute atomic E-state index is 0.191. The molecule has 3 rings (SSSR count). The quantitative estimate of drug-likeness (QED) is 0.845. The van der Waals surface area contributed by atoms with Gasteiger partial charge in [0.15, 0.2) is 5.11 Å². The molecule has 1 aliphatic rings. The molecule has 0 bridgehead atoms. The van der Waals surface area contributed by atoms with E-state index in [0.717, 1.165) is 54.8 Å². The Labute approximate surface area is 153 Å². The molecule has 2 aromatic carbocycles. The summed E-state index contributed by atoms with van der Waals surface area (Å²) in [5.74, 6) is 0.634. The summed E-state index contributed by atoms with van der Waals surface area (Å²) in [5.41, 5.74) is 2.09. The van der Waals surface area contributed by atoms with Gasteiger partial charge in [-0.1, -0.05) is 12.1 Å². The molecule has 1 heterocycles. The highest BCUT2D eigenvalue weighted by Gasteiger charge is 2.19. The van der Waals surface area contributed by atoms with Crippen LogP contribution in [0.15, 0.2) is 48.5 Å². The van der Waals surface area contributed by atoms with Gasteiger partial charge in [0, 0.05) is 38.4 Å². The van der Waals surface area contributed by atoms with Gasteiger partial charge in [0.25, 0.3) is 0 Å². The third-order valence-corrected chi connectivity index (χ3v) is 4.68. The summed E-state index contributed by atoms with van der Waals surface area (Å²) in [4.78, 5) is 4.54. The molecule has 0 amide bonds. The summed E-state index contributed by atoms with van der Waals surface area (Å²) in [7, 11) is 1.65. The number of nitrogens with one attached hydrogen (secondary N) is 1. The number of nitrogens with zero attached hydrogens (tertiary/aromatic N) is 2. The zero-order valence-electron chi connectivity index (χ0n) is 14.2. The third kappa shape index (κ3) is 4.90. The van der Waals surface area contributed by atoms with Gasteiger partial charge in [-0.3, -0.25) is 4.90 Å². The SMILES string of the molecule is COc1ccc(NC(=S)N2CCN(Cc3ccc(F)cc3)CC2)cc1. The Morgan fingerprint density at radius 3 is 2.28 bits per heavy atom. The van der Waals surface area contributed by atoms with E-state index < -0.39 is 0 Å². The summed E-state index contributed by atoms with van der Waals surface area (Å²) >= 11 is 5.52. The van der Waals surface area contributed by atoms with Gasteiger partial charge in [0.05, 0.1) is 7.11 Å². The van der Waals surface area contributed by atoms with Crippen molar-refractivity contribution in [1.82, 2.24) is 9.80 Å². The van der Waals surface area contributed by atoms with Crippen LogP contribution >= 0.6 is 12.2 Å². The predicted molar refractivity (Wildman–Crippen MR) is 102 cm³/mol. The Morgan fingerprint density at radius 1 is 1.04 bits per heavy atom. The van der Waals surface area contributed by atoms with Gasteiger partial charge in [-0.15, -0.1) is 0 Å². The van der Waals surface area contributed by atoms with Crippen LogP contribution in [0.5, 0.6) is 5.75 Å². The highest BCUT2D eigenvalue weighted by atomic mass is 32.1. The summed E-state index contributed by atoms with van der Waals surface area (Å²) < 4.78 is 18.1. The molecule has 1 aliphatic heterocycles. The second-order valence-corrected chi connectivity index (χ2v) is 6.44. The number of benzene rings is 2. The second-order valence-electron chi connectivity index (χ2n) is 6.05. The minimum Gasteiger partial charge on any atom is -0.497 e. The number of halogens is 1. The maximum absolute atomic E-state index is 13.0. The summed E-state index contributed by atoms with van der Waals surface area (Å²) in [5, 5.41) is 4.02. The first-order chi connectivity index (χ1) is 12.1. The van der Waals surface area contributed by atoms with E-state index in [0.29, 0.717) is 0 Å². The molecule has 4 nitrogen and oxygen atoms in total. The van der Waals surface area contributed by atoms with Gasteiger partial charge in [0.1, 0.15) is 11.6 Å². The van der Waals surface area contributed by atoms with E-state index >= 15 is 0 Å². The molecule has 1 N–H and O–H groups in total. The Balaban J connectivity index is 1.47. The minimum atomic E-state index is -0.191. The van der Waals surface area contributed by atoms with Gasteiger partial charge < -0.3 is 15.0 Å². The number of hydrogen-bond acceptors (Lipinski definition) is 3. The number of piperazine rings is 1. The van der Waals surface area contributed by atoms with Gasteiger partial charge in [-0.2, -0.15) is 0 Å². The number of thiocarbonyl (C=S) groups is 1. The molecule has 0 aromatic heterocycles. The molecule has 132 valence electrons. The van der Waals surface area contributed by atoms with E-state index in [1.165, 1.54) is 12.1 Å². The Kier molecular flexibility index (Phi) is 5.83. The van der Waals surface area contributed by atoms with Crippen LogP contribution in [0.4, 0.5) is 10.1 Å². The standard InChI is InChI=1S/C19H22FN3OS/c1-24-18-8-6-17(7-9-18)21-19(25)23-12-10-22(11-13-23)14-15-2-4-16(20)5-3-15/h2-9H,10-14H2,1H3,(H,21,25). The molecule has 25 heavy (non-hydrogen) atoms. The predicted octanol–water partition coefficient (Wildman–Crippen LogP) is 3.35. The molecule has 0 atom stereocenters. The normalized spacial score (nSPS) is 15.0. The maximum Gasteiger partial charge on any atom is 0.173 e. The number of rotatable bonds is 4. The molecule has 0 unspecified atom stereocenters. The highest BCUT2D eigenvalue weighted by Crippen LogP contribution is 2.16. The fraction of sp³-hybridized carbons (Fsp3) is 0.316. The van der Waals surface area contributed by atoms with Crippen molar-refractivity contribution >= 4 is 23.0 Å². The lowest BCUT2D eigenvalue weighted by Crippen LogP contribution is -2.49. The molecule has 0 aliphatic carbocycles. The van der Waals surface area contributed by atoms with Crippen LogP contribution in [0.25, 0.3) is 0 Å². The van der Waals surface area contributed by atoms with E-state index in [-0.39, 0.29) is 5.82 Å². The van der Waals surface area contributed by atoms with Crippen LogP contribution in [0.3, 0.4) is 0 Å². The van der Waals surface area contributed by atoms with Crippen LogP contribution < -0.4 is 10.1 Å². The smallest absolute Gasteiger partial charge is 0.173 e. The van der Waals surface area contributed by atoms with Crippen molar-refractivity contribution in [1.29, 1.82) is 0 Å². The zero-order valence-corrected chi connectivity index (χ0v) is 15.1. The van der Waals surface area contributed by atoms with Crippen LogP contribution in [-0.2, 0) is 6.54 Å². The average Bonchev–Trinajstić information content (AvgIpc) is 2.65. The van der Waals surface area contributed by atoms with Crippen molar-refractivity contribution < 1.29 is 9.13 Å². The van der Waals surface area contributed by atoms with Gasteiger partial charge in [-0.05, 0) is 54.2 Å². The molecule has 1 fully saturated rings. The van der Waals surface area contributed by atoms with Crippen LogP contribution in [0.2, 0.25) is 0 Å². The average molecular weight is 359 g/mol. The Morgan fingerprint density at radius 2 is 1.68 bits per heavy atom. The van der Waals surface area contributed by atoms with Gasteiger partial charge in [-0.25, -0.2) is 4.39 Å². The van der Waals surface area contributed by atoms with Crippen LogP contribution in [-0.4, -0.2) is 48.2 Å². The lowest BCUT2D eigenvalue weighted by Gasteiger charge is -2.36. The lowest BCUT2D eigenvalue weighted by atomic mass is 10.2. The molecule has 1 saturated heterocycles. The molecule has 0 saturated carbocycles. The van der Waals surface area contributed by atoms with E-state index in [1.54, 1.807) is 7.11 Å². The largest absolute Gasteiger partial charge is 0.497 e. The van der Waals surface area contributed by atoms with Crippen molar-refractivity contribution in [3.05, 3.63) is 59.9 Å². The van der Waals surface area contributed by atoms with E-state index in [9.17, 15) is 4.39 Å². The lowest BCUT2D eigenvalue weighted by molar-refractivity contribution is 0.177. The first-order valence-corrected chi connectivity index (χ1v) is 8.71. The summed E-state index contributed by atoms with van der Waals surface area (Å²) in [6.45, 7) is 4.46. The number of hydrogen-bond donors (Lipinski definition) is 1. The fourth-order valence-corrected chi connectivity index (χ4v) is 3.13. The first-order valence-electron chi connectivity index (χ1n) is 8.31. The number of anilines is 1. The van der Waals surface area contributed by atoms with Crippen LogP contribution in [0.1, 0.15) is 5.56 Å². The van der Waals surface area contributed by atoms with E-state index in [2.05, 4.69) is 15.1 Å². The van der Waals surface area contributed by atoms with Crippen molar-refractivity contribution in [3.8, 4) is 5.75 Å². The molecule has 6 heteroatoms. The van der Waals surface area contributed by atoms with Gasteiger partial charge >= 0.3 is 0 Å². The van der Waals surface area contributed by atoms with Crippen molar-refractivity contribution in [3.63, 3.8) is 0 Å². The summed E-state index contributed by atoms with van der Waals surface area (Å²) in [6, 6.07) is 14.4. The van der Waals surface area contributed by atoms with Crippen LogP contribution in [0, 0.1) is 5.82 Å². The molecular formula is C19H22FN3OS. The third-order valence-electron chi connectivity index (χ3n) is 4.32. The Hall–Kier alpha value is -2.18. The first kappa shape index (κ1) is 17.6. The monoisotopic (exact) mass is 359 g/mol. The maximum atomic E-state index is 13.0. The van der Waals surface area contributed by atoms with Crippen molar-refractivity contribution in [2.24, 2.45) is 0 Å². The number of methoxy groups -OCH3 is 1. The van der Waals surface area contributed by atoms with E-state index in [1.807, 2.05) is 36.4 Å². The van der Waals surface area contributed by atoms with Gasteiger partial charge in [0.2, 0.25) is 0 Å². The molecule has 0 radical (unpaired) electrons. The molecule has 2 aromatic rings. The highest BCUT2D eigenvalue weighted by molar-refractivity contribution is 7.80. The van der Waals surface area contributed by atoms with E-state index in [4.69, 9.17) is 17.0 Å². The van der Waals surface area contributed by atoms with Crippen molar-refractivity contribution in [2.45, 2.75) is 6.54 Å².